The Morgan fingerprint density at radius 2 is 1.43 bits per heavy atom. The summed E-state index contributed by atoms with van der Waals surface area (Å²) in [5, 5.41) is 9.47. The van der Waals surface area contributed by atoms with Crippen molar-refractivity contribution in [2.24, 2.45) is 17.3 Å². The second-order valence-corrected chi connectivity index (χ2v) is 23.2. The van der Waals surface area contributed by atoms with Crippen molar-refractivity contribution in [3.8, 4) is 0 Å². The lowest BCUT2D eigenvalue weighted by molar-refractivity contribution is -0.168. The first kappa shape index (κ1) is 54.6. The van der Waals surface area contributed by atoms with Gasteiger partial charge in [-0.25, -0.2) is 4.98 Å². The molecule has 0 bridgehead atoms. The molecule has 3 heterocycles. The zero-order chi connectivity index (χ0) is 47.8. The number of carbonyl (C=O) groups is 4. The second-order valence-electron chi connectivity index (χ2n) is 22.1. The fraction of sp³-hybridized carbons (Fsp3) is 0.816. The van der Waals surface area contributed by atoms with Gasteiger partial charge in [0.2, 0.25) is 0 Å². The van der Waals surface area contributed by atoms with Gasteiger partial charge in [-0.2, -0.15) is 0 Å². The normalized spacial score (nSPS) is 27.0. The topological polar surface area (TPSA) is 164 Å². The van der Waals surface area contributed by atoms with Gasteiger partial charge in [0.15, 0.2) is 0 Å². The molecule has 0 aliphatic carbocycles. The number of rotatable bonds is 16. The monoisotopic (exact) mass is 906 g/mol. The number of hydrogen-bond donors (Lipinski definition) is 2. The SMILES string of the molecule is C/C(=C\c1csc(C)n1)[C@@H]1C[C@@H]2O[C@]2(C)CCC[C@H](C)[C@H](OC(=O)CNC(C)(C)CCOC(C)(C)C)[C@@H](C)C(=O)C(C)(C)[C@@H](OC(=O)CNC(C)(C)CCOC(C)(C)C)CC(=O)O1. The Kier molecular flexibility index (Phi) is 19.2. The van der Waals surface area contributed by atoms with Crippen molar-refractivity contribution >= 4 is 41.1 Å². The van der Waals surface area contributed by atoms with Crippen molar-refractivity contribution in [2.45, 2.75) is 215 Å². The van der Waals surface area contributed by atoms with Gasteiger partial charge >= 0.3 is 17.9 Å². The summed E-state index contributed by atoms with van der Waals surface area (Å²) in [5.41, 5.74) is -1.71. The van der Waals surface area contributed by atoms with Gasteiger partial charge in [0.25, 0.3) is 0 Å². The summed E-state index contributed by atoms with van der Waals surface area (Å²) in [6.45, 7) is 33.8. The third-order valence-corrected chi connectivity index (χ3v) is 13.1. The zero-order valence-corrected chi connectivity index (χ0v) is 42.7. The van der Waals surface area contributed by atoms with E-state index in [1.165, 1.54) is 11.3 Å². The summed E-state index contributed by atoms with van der Waals surface area (Å²) < 4.78 is 36.8. The number of cyclic esters (lactones) is 1. The van der Waals surface area contributed by atoms with Crippen LogP contribution in [0.5, 0.6) is 0 Å². The van der Waals surface area contributed by atoms with E-state index in [1.54, 1.807) is 20.8 Å². The van der Waals surface area contributed by atoms with Crippen molar-refractivity contribution in [1.29, 1.82) is 0 Å². The molecule has 2 fully saturated rings. The van der Waals surface area contributed by atoms with Gasteiger partial charge in [-0.3, -0.25) is 19.2 Å². The Bertz CT molecular complexity index is 1720. The molecule has 2 saturated heterocycles. The molecular weight excluding hydrogens is 823 g/mol. The van der Waals surface area contributed by atoms with E-state index >= 15 is 0 Å². The van der Waals surface area contributed by atoms with Crippen LogP contribution in [0, 0.1) is 24.2 Å². The number of nitrogens with one attached hydrogen (secondary N) is 2. The lowest BCUT2D eigenvalue weighted by atomic mass is 9.72. The molecule has 3 rings (SSSR count). The number of aryl methyl sites for hydroxylation is 1. The van der Waals surface area contributed by atoms with Crippen molar-refractivity contribution in [1.82, 2.24) is 15.6 Å². The molecule has 0 radical (unpaired) electrons. The number of Topliss-reactive ketones (excluding diaryl/α,β-unsaturated/α-hetero) is 1. The zero-order valence-electron chi connectivity index (χ0n) is 41.8. The number of epoxide rings is 1. The minimum atomic E-state index is -1.39. The molecule has 2 aliphatic heterocycles. The van der Waals surface area contributed by atoms with E-state index in [2.05, 4.69) is 22.5 Å². The van der Waals surface area contributed by atoms with Crippen LogP contribution < -0.4 is 10.6 Å². The molecule has 2 N–H and O–H groups in total. The fourth-order valence-corrected chi connectivity index (χ4v) is 8.44. The summed E-state index contributed by atoms with van der Waals surface area (Å²) in [6.07, 6.45) is 2.66. The smallest absolute Gasteiger partial charge is 0.320 e. The summed E-state index contributed by atoms with van der Waals surface area (Å²) >= 11 is 1.54. The molecule has 63 heavy (non-hydrogen) atoms. The lowest BCUT2D eigenvalue weighted by Gasteiger charge is -2.38. The lowest BCUT2D eigenvalue weighted by Crippen LogP contribution is -2.50. The van der Waals surface area contributed by atoms with Gasteiger partial charge in [-0.1, -0.05) is 20.3 Å². The number of esters is 3. The highest BCUT2D eigenvalue weighted by molar-refractivity contribution is 7.09. The van der Waals surface area contributed by atoms with Crippen LogP contribution in [-0.4, -0.2) is 107 Å². The number of hydrogen-bond acceptors (Lipinski definition) is 14. The fourth-order valence-electron chi connectivity index (χ4n) is 7.87. The van der Waals surface area contributed by atoms with Crippen LogP contribution in [0.15, 0.2) is 11.0 Å². The van der Waals surface area contributed by atoms with E-state index < -0.39 is 64.2 Å². The third-order valence-electron chi connectivity index (χ3n) is 12.3. The van der Waals surface area contributed by atoms with Crippen LogP contribution in [0.1, 0.15) is 166 Å². The van der Waals surface area contributed by atoms with E-state index in [4.69, 9.17) is 28.4 Å². The third kappa shape index (κ3) is 18.6. The van der Waals surface area contributed by atoms with Crippen molar-refractivity contribution in [3.63, 3.8) is 0 Å². The first-order chi connectivity index (χ1) is 28.8. The molecule has 0 amide bonds. The summed E-state index contributed by atoms with van der Waals surface area (Å²) in [5.74, 6) is -3.02. The van der Waals surface area contributed by atoms with Gasteiger partial charge in [-0.15, -0.1) is 11.3 Å². The maximum Gasteiger partial charge on any atom is 0.320 e. The van der Waals surface area contributed by atoms with E-state index in [0.29, 0.717) is 38.9 Å². The number of aromatic nitrogens is 1. The molecule has 0 spiro atoms. The van der Waals surface area contributed by atoms with Crippen LogP contribution in [0.25, 0.3) is 6.08 Å². The Hall–Kier alpha value is -2.75. The van der Waals surface area contributed by atoms with E-state index in [0.717, 1.165) is 29.1 Å². The first-order valence-corrected chi connectivity index (χ1v) is 23.9. The average molecular weight is 906 g/mol. The maximum absolute atomic E-state index is 14.9. The van der Waals surface area contributed by atoms with Gasteiger partial charge in [-0.05, 0) is 147 Å². The second kappa shape index (κ2) is 22.2. The number of ether oxygens (including phenoxy) is 6. The number of thiazole rings is 1. The molecule has 1 aromatic rings. The van der Waals surface area contributed by atoms with Crippen LogP contribution in [-0.2, 0) is 47.6 Å². The molecule has 2 aliphatic rings. The molecular formula is C49H83N3O10S. The van der Waals surface area contributed by atoms with Crippen molar-refractivity contribution in [2.75, 3.05) is 26.3 Å². The molecule has 13 nitrogen and oxygen atoms in total. The number of nitrogens with zero attached hydrogens (tertiary/aromatic N) is 1. The van der Waals surface area contributed by atoms with Crippen LogP contribution >= 0.6 is 11.3 Å². The van der Waals surface area contributed by atoms with Gasteiger partial charge < -0.3 is 39.1 Å². The van der Waals surface area contributed by atoms with Crippen molar-refractivity contribution < 1.29 is 47.6 Å². The number of ketones is 1. The van der Waals surface area contributed by atoms with Crippen LogP contribution in [0.2, 0.25) is 0 Å². The van der Waals surface area contributed by atoms with E-state index in [-0.39, 0.29) is 48.5 Å². The van der Waals surface area contributed by atoms with Gasteiger partial charge in [0.05, 0.1) is 64.5 Å². The number of fused-ring (bicyclic) bond motifs is 1. The van der Waals surface area contributed by atoms with Crippen LogP contribution in [0.3, 0.4) is 0 Å². The van der Waals surface area contributed by atoms with E-state index in [1.807, 2.05) is 101 Å². The summed E-state index contributed by atoms with van der Waals surface area (Å²) in [4.78, 5) is 61.0. The number of carbonyl (C=O) groups excluding carboxylic acids is 4. The standard InChI is InChI=1S/C49H83N3O10S/c1-31-19-18-20-49(17)38(62-49)26-36(32(2)25-35-30-63-34(4)52-35)59-39(53)27-37(60-40(54)28-50-46(11,12)21-23-57-44(5,6)7)48(15,16)43(56)33(3)42(31)61-41(55)29-51-47(13,14)22-24-58-45(8,9)10/h25,30-31,33,36-38,42,50-51H,18-24,26-29H2,1-17H3/b32-25+/t31-,33+,36-,37-,38-,42-,49+/m0/s1. The molecule has 1 aromatic heterocycles. The predicted octanol–water partition coefficient (Wildman–Crippen LogP) is 8.73. The Balaban J connectivity index is 1.93. The predicted molar refractivity (Wildman–Crippen MR) is 248 cm³/mol. The Morgan fingerprint density at radius 1 is 0.889 bits per heavy atom. The highest BCUT2D eigenvalue weighted by Crippen LogP contribution is 2.45. The van der Waals surface area contributed by atoms with Gasteiger partial charge in [0, 0.05) is 36.1 Å². The highest BCUT2D eigenvalue weighted by atomic mass is 32.1. The first-order valence-electron chi connectivity index (χ1n) is 23.0. The minimum Gasteiger partial charge on any atom is -0.460 e. The largest absolute Gasteiger partial charge is 0.460 e. The summed E-state index contributed by atoms with van der Waals surface area (Å²) in [7, 11) is 0. The van der Waals surface area contributed by atoms with Gasteiger partial charge in [0.1, 0.15) is 24.1 Å². The molecule has 0 saturated carbocycles. The molecule has 0 unspecified atom stereocenters. The summed E-state index contributed by atoms with van der Waals surface area (Å²) in [6, 6.07) is 0. The Labute approximate surface area is 383 Å². The van der Waals surface area contributed by atoms with Crippen molar-refractivity contribution in [3.05, 3.63) is 21.7 Å². The average Bonchev–Trinajstić information content (AvgIpc) is 3.59. The molecule has 0 aromatic carbocycles. The Morgan fingerprint density at radius 3 is 1.94 bits per heavy atom. The quantitative estimate of drug-likeness (QED) is 0.0921. The molecule has 7 atom stereocenters. The molecule has 14 heteroatoms. The maximum atomic E-state index is 14.9. The highest BCUT2D eigenvalue weighted by Gasteiger charge is 2.53. The minimum absolute atomic E-state index is 0.0570. The van der Waals surface area contributed by atoms with E-state index in [9.17, 15) is 19.2 Å². The van der Waals surface area contributed by atoms with Crippen LogP contribution in [0.4, 0.5) is 0 Å². The molecule has 360 valence electrons.